The highest BCUT2D eigenvalue weighted by molar-refractivity contribution is 7.98. The van der Waals surface area contributed by atoms with Crippen molar-refractivity contribution in [3.63, 3.8) is 0 Å². The molecule has 5 nitrogen and oxygen atoms in total. The summed E-state index contributed by atoms with van der Waals surface area (Å²) in [6.07, 6.45) is 1.68. The molecule has 1 aromatic rings. The van der Waals surface area contributed by atoms with Crippen LogP contribution in [0.3, 0.4) is 0 Å². The summed E-state index contributed by atoms with van der Waals surface area (Å²) >= 11 is 1.81. The highest BCUT2D eigenvalue weighted by atomic mass is 32.2. The van der Waals surface area contributed by atoms with E-state index in [1.54, 1.807) is 6.33 Å². The number of aromatic nitrogens is 2. The van der Waals surface area contributed by atoms with Crippen LogP contribution in [-0.2, 0) is 16.3 Å². The zero-order valence-electron chi connectivity index (χ0n) is 9.01. The van der Waals surface area contributed by atoms with Crippen molar-refractivity contribution in [1.82, 2.24) is 9.97 Å². The molecule has 0 saturated heterocycles. The number of carboxylic acids is 1. The molecule has 1 N–H and O–H groups in total. The first-order valence-electron chi connectivity index (χ1n) is 5.02. The van der Waals surface area contributed by atoms with Gasteiger partial charge in [0.15, 0.2) is 0 Å². The lowest BCUT2D eigenvalue weighted by molar-refractivity contribution is -0.136. The number of carboxylic acid groups (broad SMARTS) is 1. The fourth-order valence-corrected chi connectivity index (χ4v) is 2.70. The zero-order valence-corrected chi connectivity index (χ0v) is 9.83. The van der Waals surface area contributed by atoms with Gasteiger partial charge in [-0.25, -0.2) is 9.97 Å². The van der Waals surface area contributed by atoms with Gasteiger partial charge < -0.3 is 10.0 Å². The van der Waals surface area contributed by atoms with Crippen LogP contribution in [0.1, 0.15) is 17.7 Å². The largest absolute Gasteiger partial charge is 0.481 e. The number of thioether (sulfide) groups is 1. The first kappa shape index (κ1) is 11.2. The van der Waals surface area contributed by atoms with E-state index in [-0.39, 0.29) is 6.42 Å². The maximum atomic E-state index is 10.5. The third-order valence-electron chi connectivity index (χ3n) is 2.52. The van der Waals surface area contributed by atoms with E-state index in [1.165, 1.54) is 0 Å². The molecule has 0 aromatic carbocycles. The fraction of sp³-hybridized carbons (Fsp3) is 0.500. The van der Waals surface area contributed by atoms with Crippen molar-refractivity contribution in [1.29, 1.82) is 0 Å². The van der Waals surface area contributed by atoms with E-state index in [1.807, 2.05) is 23.7 Å². The molecule has 1 aromatic heterocycles. The molecule has 0 saturated carbocycles. The number of carbonyl (C=O) groups is 1. The minimum Gasteiger partial charge on any atom is -0.481 e. The maximum absolute atomic E-state index is 10.5. The van der Waals surface area contributed by atoms with E-state index in [0.717, 1.165) is 28.6 Å². The van der Waals surface area contributed by atoms with Gasteiger partial charge in [0.05, 0.1) is 12.1 Å². The Labute approximate surface area is 97.9 Å². The van der Waals surface area contributed by atoms with Gasteiger partial charge in [0.1, 0.15) is 12.1 Å². The van der Waals surface area contributed by atoms with Gasteiger partial charge in [-0.3, -0.25) is 4.79 Å². The standard InChI is InChI=1S/C10H13N3O2S/c1-13(3-2-9(14)15)10-7-4-16-5-8(7)11-6-12-10/h6H,2-5H2,1H3,(H,14,15). The van der Waals surface area contributed by atoms with Crippen LogP contribution in [0, 0.1) is 0 Å². The van der Waals surface area contributed by atoms with Crippen molar-refractivity contribution in [2.75, 3.05) is 18.5 Å². The van der Waals surface area contributed by atoms with E-state index in [2.05, 4.69) is 9.97 Å². The number of hydrogen-bond acceptors (Lipinski definition) is 5. The Morgan fingerprint density at radius 3 is 3.12 bits per heavy atom. The number of fused-ring (bicyclic) bond motifs is 1. The van der Waals surface area contributed by atoms with E-state index in [4.69, 9.17) is 5.11 Å². The van der Waals surface area contributed by atoms with Crippen molar-refractivity contribution >= 4 is 23.5 Å². The highest BCUT2D eigenvalue weighted by Gasteiger charge is 2.19. The molecule has 1 aliphatic rings. The summed E-state index contributed by atoms with van der Waals surface area (Å²) < 4.78 is 0. The Balaban J connectivity index is 2.14. The van der Waals surface area contributed by atoms with E-state index >= 15 is 0 Å². The van der Waals surface area contributed by atoms with Crippen LogP contribution in [-0.4, -0.2) is 34.6 Å². The van der Waals surface area contributed by atoms with Gasteiger partial charge in [0.2, 0.25) is 0 Å². The summed E-state index contributed by atoms with van der Waals surface area (Å²) in [5.74, 6) is 1.93. The van der Waals surface area contributed by atoms with Crippen LogP contribution in [0.2, 0.25) is 0 Å². The van der Waals surface area contributed by atoms with Gasteiger partial charge in [-0.05, 0) is 0 Å². The van der Waals surface area contributed by atoms with Gasteiger partial charge in [-0.1, -0.05) is 0 Å². The number of anilines is 1. The Morgan fingerprint density at radius 1 is 1.56 bits per heavy atom. The van der Waals surface area contributed by atoms with Crippen LogP contribution < -0.4 is 4.90 Å². The molecule has 16 heavy (non-hydrogen) atoms. The van der Waals surface area contributed by atoms with Gasteiger partial charge in [0, 0.05) is 30.7 Å². The van der Waals surface area contributed by atoms with Crippen LogP contribution in [0.15, 0.2) is 6.33 Å². The molecule has 0 spiro atoms. The first-order valence-corrected chi connectivity index (χ1v) is 6.17. The summed E-state index contributed by atoms with van der Waals surface area (Å²) in [5, 5.41) is 8.64. The third kappa shape index (κ3) is 2.27. The molecule has 0 aliphatic carbocycles. The smallest absolute Gasteiger partial charge is 0.305 e. The normalized spacial score (nSPS) is 13.6. The Kier molecular flexibility index (Phi) is 3.28. The summed E-state index contributed by atoms with van der Waals surface area (Å²) in [4.78, 5) is 20.9. The molecule has 0 radical (unpaired) electrons. The molecule has 0 fully saturated rings. The molecule has 0 bridgehead atoms. The van der Waals surface area contributed by atoms with E-state index < -0.39 is 5.97 Å². The van der Waals surface area contributed by atoms with Crippen molar-refractivity contribution in [2.45, 2.75) is 17.9 Å². The number of hydrogen-bond donors (Lipinski definition) is 1. The van der Waals surface area contributed by atoms with Crippen molar-refractivity contribution < 1.29 is 9.90 Å². The molecule has 0 amide bonds. The number of rotatable bonds is 4. The molecular weight excluding hydrogens is 226 g/mol. The average molecular weight is 239 g/mol. The van der Waals surface area contributed by atoms with Crippen molar-refractivity contribution in [3.05, 3.63) is 17.6 Å². The number of aliphatic carboxylic acids is 1. The SMILES string of the molecule is CN(CCC(=O)O)c1ncnc2c1CSC2. The predicted molar refractivity (Wildman–Crippen MR) is 62.6 cm³/mol. The summed E-state index contributed by atoms with van der Waals surface area (Å²) in [7, 11) is 1.87. The molecular formula is C10H13N3O2S. The Bertz CT molecular complexity index is 411. The minimum absolute atomic E-state index is 0.127. The molecule has 86 valence electrons. The third-order valence-corrected chi connectivity index (χ3v) is 3.49. The topological polar surface area (TPSA) is 66.3 Å². The van der Waals surface area contributed by atoms with Crippen LogP contribution in [0.4, 0.5) is 5.82 Å². The first-order chi connectivity index (χ1) is 7.68. The van der Waals surface area contributed by atoms with Gasteiger partial charge in [0.25, 0.3) is 0 Å². The molecule has 0 atom stereocenters. The van der Waals surface area contributed by atoms with Crippen molar-refractivity contribution in [2.24, 2.45) is 0 Å². The van der Waals surface area contributed by atoms with Gasteiger partial charge in [-0.15, -0.1) is 0 Å². The van der Waals surface area contributed by atoms with Crippen LogP contribution in [0.25, 0.3) is 0 Å². The second-order valence-corrected chi connectivity index (χ2v) is 4.67. The zero-order chi connectivity index (χ0) is 11.5. The lowest BCUT2D eigenvalue weighted by atomic mass is 10.2. The molecule has 2 heterocycles. The minimum atomic E-state index is -0.785. The summed E-state index contributed by atoms with van der Waals surface area (Å²) in [5.41, 5.74) is 2.23. The predicted octanol–water partition coefficient (Wildman–Crippen LogP) is 1.13. The van der Waals surface area contributed by atoms with Gasteiger partial charge in [-0.2, -0.15) is 11.8 Å². The molecule has 2 rings (SSSR count). The Morgan fingerprint density at radius 2 is 2.38 bits per heavy atom. The molecule has 1 aliphatic heterocycles. The summed E-state index contributed by atoms with van der Waals surface area (Å²) in [6.45, 7) is 0.476. The lowest BCUT2D eigenvalue weighted by Gasteiger charge is -2.19. The molecule has 0 unspecified atom stereocenters. The second-order valence-electron chi connectivity index (χ2n) is 3.68. The van der Waals surface area contributed by atoms with Crippen LogP contribution >= 0.6 is 11.8 Å². The Hall–Kier alpha value is -1.30. The van der Waals surface area contributed by atoms with E-state index in [0.29, 0.717) is 6.54 Å². The summed E-state index contributed by atoms with van der Waals surface area (Å²) in [6, 6.07) is 0. The van der Waals surface area contributed by atoms with Gasteiger partial charge >= 0.3 is 5.97 Å². The molecule has 6 heteroatoms. The average Bonchev–Trinajstić information content (AvgIpc) is 2.73. The van der Waals surface area contributed by atoms with E-state index in [9.17, 15) is 4.79 Å². The lowest BCUT2D eigenvalue weighted by Crippen LogP contribution is -2.23. The maximum Gasteiger partial charge on any atom is 0.305 e. The monoisotopic (exact) mass is 239 g/mol. The van der Waals surface area contributed by atoms with Crippen LogP contribution in [0.5, 0.6) is 0 Å². The second kappa shape index (κ2) is 4.69. The quantitative estimate of drug-likeness (QED) is 0.849. The fourth-order valence-electron chi connectivity index (χ4n) is 1.66. The van der Waals surface area contributed by atoms with Crippen molar-refractivity contribution in [3.8, 4) is 0 Å². The number of nitrogens with zero attached hydrogens (tertiary/aromatic N) is 3. The highest BCUT2D eigenvalue weighted by Crippen LogP contribution is 2.33.